The van der Waals surface area contributed by atoms with Crippen LogP contribution in [0.1, 0.15) is 19.5 Å². The monoisotopic (exact) mass is 249 g/mol. The average molecular weight is 249 g/mol. The molecule has 1 aromatic heterocycles. The van der Waals surface area contributed by atoms with Gasteiger partial charge in [-0.15, -0.1) is 11.8 Å². The van der Waals surface area contributed by atoms with Crippen molar-refractivity contribution in [2.24, 2.45) is 7.05 Å². The molecular formula is C13H19N3S. The third kappa shape index (κ3) is 1.96. The lowest BCUT2D eigenvalue weighted by atomic mass is 9.98. The van der Waals surface area contributed by atoms with E-state index < -0.39 is 0 Å². The maximum absolute atomic E-state index is 4.68. The van der Waals surface area contributed by atoms with E-state index in [9.17, 15) is 0 Å². The maximum atomic E-state index is 4.68. The predicted octanol–water partition coefficient (Wildman–Crippen LogP) is 2.75. The Hall–Kier alpha value is -1.00. The van der Waals surface area contributed by atoms with Crippen LogP contribution in [0, 0.1) is 0 Å². The number of nitrogens with zero attached hydrogens (tertiary/aromatic N) is 2. The molecule has 0 saturated carbocycles. The van der Waals surface area contributed by atoms with Crippen molar-refractivity contribution in [3.8, 4) is 0 Å². The first-order valence-electron chi connectivity index (χ1n) is 5.70. The van der Waals surface area contributed by atoms with Crippen molar-refractivity contribution < 1.29 is 0 Å². The highest BCUT2D eigenvalue weighted by Crippen LogP contribution is 2.32. The van der Waals surface area contributed by atoms with Crippen LogP contribution in [-0.4, -0.2) is 23.1 Å². The lowest BCUT2D eigenvalue weighted by Crippen LogP contribution is -2.33. The van der Waals surface area contributed by atoms with Crippen LogP contribution in [0.25, 0.3) is 10.9 Å². The van der Waals surface area contributed by atoms with Gasteiger partial charge in [0.05, 0.1) is 16.7 Å². The Morgan fingerprint density at radius 2 is 2.06 bits per heavy atom. The van der Waals surface area contributed by atoms with Gasteiger partial charge in [0.15, 0.2) is 0 Å². The summed E-state index contributed by atoms with van der Waals surface area (Å²) in [5, 5.41) is 9.23. The zero-order chi connectivity index (χ0) is 12.6. The predicted molar refractivity (Wildman–Crippen MR) is 74.6 cm³/mol. The number of hydrogen-bond donors (Lipinski definition) is 1. The summed E-state index contributed by atoms with van der Waals surface area (Å²) in [5.41, 5.74) is 2.21. The number of rotatable bonds is 3. The summed E-state index contributed by atoms with van der Waals surface area (Å²) >= 11 is 1.76. The number of para-hydroxylation sites is 1. The SMILES string of the molecule is CNC(C)(C)c1nn(C)c2c(SC)cccc12. The van der Waals surface area contributed by atoms with Crippen LogP contribution in [0.2, 0.25) is 0 Å². The summed E-state index contributed by atoms with van der Waals surface area (Å²) in [6, 6.07) is 6.40. The first-order valence-corrected chi connectivity index (χ1v) is 6.93. The van der Waals surface area contributed by atoms with E-state index in [1.807, 2.05) is 18.8 Å². The Morgan fingerprint density at radius 1 is 1.35 bits per heavy atom. The highest BCUT2D eigenvalue weighted by molar-refractivity contribution is 7.98. The number of nitrogens with one attached hydrogen (secondary N) is 1. The van der Waals surface area contributed by atoms with E-state index >= 15 is 0 Å². The van der Waals surface area contributed by atoms with E-state index in [0.717, 1.165) is 5.69 Å². The van der Waals surface area contributed by atoms with Gasteiger partial charge >= 0.3 is 0 Å². The molecule has 0 aliphatic rings. The third-order valence-electron chi connectivity index (χ3n) is 3.26. The summed E-state index contributed by atoms with van der Waals surface area (Å²) in [5.74, 6) is 0. The fraction of sp³-hybridized carbons (Fsp3) is 0.462. The average Bonchev–Trinajstić information content (AvgIpc) is 2.68. The molecule has 1 heterocycles. The molecule has 0 unspecified atom stereocenters. The standard InChI is InChI=1S/C13H19N3S/c1-13(2,14-3)12-9-7-6-8-10(17-5)11(9)16(4)15-12/h6-8,14H,1-5H3. The van der Waals surface area contributed by atoms with Gasteiger partial charge in [-0.3, -0.25) is 4.68 Å². The first-order chi connectivity index (χ1) is 8.01. The molecule has 0 spiro atoms. The van der Waals surface area contributed by atoms with Gasteiger partial charge < -0.3 is 5.32 Å². The molecule has 92 valence electrons. The Kier molecular flexibility index (Phi) is 3.19. The molecule has 0 atom stereocenters. The van der Waals surface area contributed by atoms with Crippen molar-refractivity contribution in [2.75, 3.05) is 13.3 Å². The van der Waals surface area contributed by atoms with Gasteiger partial charge in [-0.25, -0.2) is 0 Å². The second-order valence-corrected chi connectivity index (χ2v) is 5.55. The molecule has 2 aromatic rings. The second-order valence-electron chi connectivity index (χ2n) is 4.70. The van der Waals surface area contributed by atoms with Gasteiger partial charge in [-0.05, 0) is 33.2 Å². The lowest BCUT2D eigenvalue weighted by Gasteiger charge is -2.21. The fourth-order valence-electron chi connectivity index (χ4n) is 2.05. The number of fused-ring (bicyclic) bond motifs is 1. The van der Waals surface area contributed by atoms with Crippen LogP contribution < -0.4 is 5.32 Å². The van der Waals surface area contributed by atoms with Crippen molar-refractivity contribution >= 4 is 22.7 Å². The van der Waals surface area contributed by atoms with Gasteiger partial charge in [-0.1, -0.05) is 12.1 Å². The van der Waals surface area contributed by atoms with Gasteiger partial charge in [0.2, 0.25) is 0 Å². The number of thioether (sulfide) groups is 1. The third-order valence-corrected chi connectivity index (χ3v) is 4.03. The minimum atomic E-state index is -0.115. The fourth-order valence-corrected chi connectivity index (χ4v) is 2.70. The van der Waals surface area contributed by atoms with Gasteiger partial charge in [0.25, 0.3) is 0 Å². The summed E-state index contributed by atoms with van der Waals surface area (Å²) in [6.45, 7) is 4.31. The maximum Gasteiger partial charge on any atom is 0.0898 e. The zero-order valence-electron chi connectivity index (χ0n) is 11.0. The molecule has 0 fully saturated rings. The Labute approximate surface area is 107 Å². The molecule has 17 heavy (non-hydrogen) atoms. The van der Waals surface area contributed by atoms with Gasteiger partial charge in [-0.2, -0.15) is 5.10 Å². The van der Waals surface area contributed by atoms with Crippen LogP contribution >= 0.6 is 11.8 Å². The molecule has 0 bridgehead atoms. The molecular weight excluding hydrogens is 230 g/mol. The Bertz CT molecular complexity index is 543. The van der Waals surface area contributed by atoms with Gasteiger partial charge in [0, 0.05) is 17.3 Å². The molecule has 0 radical (unpaired) electrons. The number of hydrogen-bond acceptors (Lipinski definition) is 3. The molecule has 0 aliphatic carbocycles. The highest BCUT2D eigenvalue weighted by atomic mass is 32.2. The molecule has 3 nitrogen and oxygen atoms in total. The Morgan fingerprint density at radius 3 is 2.65 bits per heavy atom. The summed E-state index contributed by atoms with van der Waals surface area (Å²) in [4.78, 5) is 1.27. The summed E-state index contributed by atoms with van der Waals surface area (Å²) in [6.07, 6.45) is 2.10. The number of benzene rings is 1. The van der Waals surface area contributed by atoms with E-state index in [-0.39, 0.29) is 5.54 Å². The molecule has 0 amide bonds. The van der Waals surface area contributed by atoms with E-state index in [0.29, 0.717) is 0 Å². The quantitative estimate of drug-likeness (QED) is 0.848. The molecule has 2 rings (SSSR count). The highest BCUT2D eigenvalue weighted by Gasteiger charge is 2.25. The molecule has 0 aliphatic heterocycles. The molecule has 1 aromatic carbocycles. The number of aromatic nitrogens is 2. The van der Waals surface area contributed by atoms with E-state index in [1.165, 1.54) is 15.8 Å². The van der Waals surface area contributed by atoms with Crippen molar-refractivity contribution in [1.82, 2.24) is 15.1 Å². The Balaban J connectivity index is 2.77. The molecule has 0 saturated heterocycles. The smallest absolute Gasteiger partial charge is 0.0898 e. The van der Waals surface area contributed by atoms with Crippen molar-refractivity contribution in [3.05, 3.63) is 23.9 Å². The number of aryl methyl sites for hydroxylation is 1. The molecule has 1 N–H and O–H groups in total. The summed E-state index contributed by atoms with van der Waals surface area (Å²) in [7, 11) is 3.98. The lowest BCUT2D eigenvalue weighted by molar-refractivity contribution is 0.429. The van der Waals surface area contributed by atoms with Crippen LogP contribution in [0.4, 0.5) is 0 Å². The minimum absolute atomic E-state index is 0.115. The summed E-state index contributed by atoms with van der Waals surface area (Å²) < 4.78 is 1.98. The van der Waals surface area contributed by atoms with Gasteiger partial charge in [0.1, 0.15) is 0 Å². The van der Waals surface area contributed by atoms with Crippen LogP contribution in [-0.2, 0) is 12.6 Å². The second kappa shape index (κ2) is 4.35. The van der Waals surface area contributed by atoms with E-state index in [4.69, 9.17) is 0 Å². The largest absolute Gasteiger partial charge is 0.310 e. The van der Waals surface area contributed by atoms with Crippen LogP contribution in [0.15, 0.2) is 23.1 Å². The topological polar surface area (TPSA) is 29.9 Å². The zero-order valence-corrected chi connectivity index (χ0v) is 11.9. The van der Waals surface area contributed by atoms with E-state index in [2.05, 4.69) is 48.7 Å². The minimum Gasteiger partial charge on any atom is -0.310 e. The van der Waals surface area contributed by atoms with Crippen LogP contribution in [0.3, 0.4) is 0 Å². The van der Waals surface area contributed by atoms with Crippen molar-refractivity contribution in [2.45, 2.75) is 24.3 Å². The van der Waals surface area contributed by atoms with Crippen molar-refractivity contribution in [1.29, 1.82) is 0 Å². The van der Waals surface area contributed by atoms with Crippen LogP contribution in [0.5, 0.6) is 0 Å². The van der Waals surface area contributed by atoms with E-state index in [1.54, 1.807) is 11.8 Å². The van der Waals surface area contributed by atoms with Crippen molar-refractivity contribution in [3.63, 3.8) is 0 Å². The normalized spacial score (nSPS) is 12.3. The molecule has 4 heteroatoms. The first kappa shape index (κ1) is 12.5.